The van der Waals surface area contributed by atoms with E-state index in [1.54, 1.807) is 0 Å². The van der Waals surface area contributed by atoms with Gasteiger partial charge >= 0.3 is 6.03 Å². The van der Waals surface area contributed by atoms with Gasteiger partial charge in [0.1, 0.15) is 5.82 Å². The van der Waals surface area contributed by atoms with Crippen molar-refractivity contribution in [3.63, 3.8) is 0 Å². The molecular formula is C20H22ClN5O. The fourth-order valence-corrected chi connectivity index (χ4v) is 3.68. The Bertz CT molecular complexity index is 916. The molecule has 140 valence electrons. The SMILES string of the molecule is O=C(NCCc1ccc(Cl)cc1)N1CCC(c2nnc3ccccn23)CC1. The van der Waals surface area contributed by atoms with Crippen LogP contribution in [0.4, 0.5) is 4.79 Å². The third-order valence-corrected chi connectivity index (χ3v) is 5.34. The van der Waals surface area contributed by atoms with Crippen LogP contribution in [0.5, 0.6) is 0 Å². The van der Waals surface area contributed by atoms with Crippen LogP contribution in [-0.2, 0) is 6.42 Å². The summed E-state index contributed by atoms with van der Waals surface area (Å²) in [4.78, 5) is 14.3. The van der Waals surface area contributed by atoms with Crippen molar-refractivity contribution in [1.82, 2.24) is 24.8 Å². The van der Waals surface area contributed by atoms with Gasteiger partial charge < -0.3 is 10.2 Å². The van der Waals surface area contributed by atoms with Gasteiger partial charge in [0.05, 0.1) is 0 Å². The van der Waals surface area contributed by atoms with Crippen molar-refractivity contribution in [2.24, 2.45) is 0 Å². The maximum Gasteiger partial charge on any atom is 0.317 e. The second-order valence-electron chi connectivity index (χ2n) is 6.86. The minimum Gasteiger partial charge on any atom is -0.338 e. The average Bonchev–Trinajstić information content (AvgIpc) is 3.14. The third-order valence-electron chi connectivity index (χ3n) is 5.09. The number of rotatable bonds is 4. The van der Waals surface area contributed by atoms with E-state index in [1.165, 1.54) is 0 Å². The first-order valence-electron chi connectivity index (χ1n) is 9.27. The third kappa shape index (κ3) is 4.06. The number of fused-ring (bicyclic) bond motifs is 1. The summed E-state index contributed by atoms with van der Waals surface area (Å²) in [6.07, 6.45) is 4.60. The van der Waals surface area contributed by atoms with Gasteiger partial charge in [-0.25, -0.2) is 4.79 Å². The fraction of sp³-hybridized carbons (Fsp3) is 0.350. The highest BCUT2D eigenvalue weighted by Gasteiger charge is 2.26. The molecule has 0 saturated carbocycles. The predicted molar refractivity (Wildman–Crippen MR) is 105 cm³/mol. The van der Waals surface area contributed by atoms with E-state index in [9.17, 15) is 4.79 Å². The molecule has 1 saturated heterocycles. The van der Waals surface area contributed by atoms with Gasteiger partial charge in [-0.15, -0.1) is 10.2 Å². The molecule has 7 heteroatoms. The van der Waals surface area contributed by atoms with Gasteiger partial charge in [0.15, 0.2) is 5.65 Å². The van der Waals surface area contributed by atoms with Gasteiger partial charge in [0, 0.05) is 36.8 Å². The molecule has 27 heavy (non-hydrogen) atoms. The van der Waals surface area contributed by atoms with Crippen molar-refractivity contribution in [1.29, 1.82) is 0 Å². The number of urea groups is 1. The molecule has 0 unspecified atom stereocenters. The number of halogens is 1. The summed E-state index contributed by atoms with van der Waals surface area (Å²) in [5, 5.41) is 12.3. The number of aromatic nitrogens is 3. The van der Waals surface area contributed by atoms with E-state index in [0.717, 1.165) is 54.4 Å². The highest BCUT2D eigenvalue weighted by Crippen LogP contribution is 2.27. The number of likely N-dealkylation sites (tertiary alicyclic amines) is 1. The average molecular weight is 384 g/mol. The lowest BCUT2D eigenvalue weighted by Crippen LogP contribution is -2.44. The van der Waals surface area contributed by atoms with Crippen LogP contribution < -0.4 is 5.32 Å². The molecule has 1 N–H and O–H groups in total. The standard InChI is InChI=1S/C20H22ClN5O/c21-17-6-4-15(5-7-17)8-11-22-20(27)25-13-9-16(10-14-25)19-24-23-18-3-1-2-12-26(18)19/h1-7,12,16H,8-11,13-14H2,(H,22,27). The molecule has 0 radical (unpaired) electrons. The Hall–Kier alpha value is -2.60. The van der Waals surface area contributed by atoms with E-state index in [1.807, 2.05) is 58.0 Å². The molecule has 1 aliphatic heterocycles. The quantitative estimate of drug-likeness (QED) is 0.749. The van der Waals surface area contributed by atoms with Crippen LogP contribution in [-0.4, -0.2) is 45.2 Å². The lowest BCUT2D eigenvalue weighted by molar-refractivity contribution is 0.180. The van der Waals surface area contributed by atoms with Gasteiger partial charge in [-0.05, 0) is 49.1 Å². The molecule has 4 rings (SSSR count). The van der Waals surface area contributed by atoms with Crippen LogP contribution in [0.2, 0.25) is 5.02 Å². The zero-order chi connectivity index (χ0) is 18.6. The molecule has 3 heterocycles. The normalized spacial score (nSPS) is 15.2. The zero-order valence-corrected chi connectivity index (χ0v) is 15.8. The van der Waals surface area contributed by atoms with E-state index < -0.39 is 0 Å². The van der Waals surface area contributed by atoms with E-state index in [2.05, 4.69) is 15.5 Å². The molecular weight excluding hydrogens is 362 g/mol. The molecule has 0 aliphatic carbocycles. The summed E-state index contributed by atoms with van der Waals surface area (Å²) in [7, 11) is 0. The molecule has 2 aromatic heterocycles. The Balaban J connectivity index is 1.27. The van der Waals surface area contributed by atoms with E-state index in [-0.39, 0.29) is 6.03 Å². The summed E-state index contributed by atoms with van der Waals surface area (Å²) in [6.45, 7) is 2.09. The zero-order valence-electron chi connectivity index (χ0n) is 15.0. The number of piperidine rings is 1. The van der Waals surface area contributed by atoms with Crippen molar-refractivity contribution >= 4 is 23.3 Å². The molecule has 6 nitrogen and oxygen atoms in total. The molecule has 0 atom stereocenters. The van der Waals surface area contributed by atoms with Crippen LogP contribution in [0.25, 0.3) is 5.65 Å². The molecule has 1 aromatic carbocycles. The number of benzene rings is 1. The number of hydrogen-bond donors (Lipinski definition) is 1. The summed E-state index contributed by atoms with van der Waals surface area (Å²) in [5.41, 5.74) is 2.03. The minimum atomic E-state index is 0.00788. The summed E-state index contributed by atoms with van der Waals surface area (Å²) in [6, 6.07) is 13.6. The Morgan fingerprint density at radius 2 is 1.89 bits per heavy atom. The summed E-state index contributed by atoms with van der Waals surface area (Å²) in [5.74, 6) is 1.33. The fourth-order valence-electron chi connectivity index (χ4n) is 3.56. The molecule has 0 bridgehead atoms. The van der Waals surface area contributed by atoms with Crippen molar-refractivity contribution in [2.75, 3.05) is 19.6 Å². The van der Waals surface area contributed by atoms with Gasteiger partial charge in [0.25, 0.3) is 0 Å². The van der Waals surface area contributed by atoms with Gasteiger partial charge in [0.2, 0.25) is 0 Å². The number of pyridine rings is 1. The van der Waals surface area contributed by atoms with E-state index in [0.29, 0.717) is 12.5 Å². The van der Waals surface area contributed by atoms with Crippen molar-refractivity contribution in [3.8, 4) is 0 Å². The Labute approximate surface area is 163 Å². The van der Waals surface area contributed by atoms with E-state index in [4.69, 9.17) is 11.6 Å². The molecule has 2 amide bonds. The molecule has 0 spiro atoms. The summed E-state index contributed by atoms with van der Waals surface area (Å²) >= 11 is 5.89. The Morgan fingerprint density at radius 3 is 2.67 bits per heavy atom. The van der Waals surface area contributed by atoms with Crippen LogP contribution in [0.3, 0.4) is 0 Å². The first-order chi connectivity index (χ1) is 13.2. The van der Waals surface area contributed by atoms with Gasteiger partial charge in [-0.3, -0.25) is 4.40 Å². The summed E-state index contributed by atoms with van der Waals surface area (Å²) < 4.78 is 2.05. The first-order valence-corrected chi connectivity index (χ1v) is 9.65. The van der Waals surface area contributed by atoms with Crippen molar-refractivity contribution < 1.29 is 4.79 Å². The maximum absolute atomic E-state index is 12.4. The van der Waals surface area contributed by atoms with E-state index >= 15 is 0 Å². The van der Waals surface area contributed by atoms with Crippen molar-refractivity contribution in [3.05, 3.63) is 65.1 Å². The largest absolute Gasteiger partial charge is 0.338 e. The highest BCUT2D eigenvalue weighted by atomic mass is 35.5. The molecule has 1 aliphatic rings. The maximum atomic E-state index is 12.4. The van der Waals surface area contributed by atoms with Crippen LogP contribution in [0, 0.1) is 0 Å². The van der Waals surface area contributed by atoms with Gasteiger partial charge in [-0.2, -0.15) is 0 Å². The predicted octanol–water partition coefficient (Wildman–Crippen LogP) is 3.51. The topological polar surface area (TPSA) is 62.5 Å². The highest BCUT2D eigenvalue weighted by molar-refractivity contribution is 6.30. The number of nitrogens with zero attached hydrogens (tertiary/aromatic N) is 4. The van der Waals surface area contributed by atoms with Crippen LogP contribution in [0.15, 0.2) is 48.7 Å². The molecule has 3 aromatic rings. The second kappa shape index (κ2) is 7.96. The number of nitrogens with one attached hydrogen (secondary N) is 1. The monoisotopic (exact) mass is 383 g/mol. The lowest BCUT2D eigenvalue weighted by atomic mass is 9.96. The smallest absolute Gasteiger partial charge is 0.317 e. The number of carbonyl (C=O) groups is 1. The Kier molecular flexibility index (Phi) is 5.25. The first kappa shape index (κ1) is 17.8. The Morgan fingerprint density at radius 1 is 1.11 bits per heavy atom. The molecule has 1 fully saturated rings. The van der Waals surface area contributed by atoms with Crippen LogP contribution in [0.1, 0.15) is 30.1 Å². The second-order valence-corrected chi connectivity index (χ2v) is 7.29. The van der Waals surface area contributed by atoms with Crippen LogP contribution >= 0.6 is 11.6 Å². The number of carbonyl (C=O) groups excluding carboxylic acids is 1. The number of hydrogen-bond acceptors (Lipinski definition) is 3. The minimum absolute atomic E-state index is 0.00788. The lowest BCUT2D eigenvalue weighted by Gasteiger charge is -2.31. The number of amides is 2. The van der Waals surface area contributed by atoms with Gasteiger partial charge in [-0.1, -0.05) is 29.8 Å². The van der Waals surface area contributed by atoms with Crippen molar-refractivity contribution in [2.45, 2.75) is 25.2 Å².